The molecule has 4 heterocycles. The number of aldehydes is 1. The summed E-state index contributed by atoms with van der Waals surface area (Å²) in [5.74, 6) is -0.813. The van der Waals surface area contributed by atoms with Gasteiger partial charge in [-0.05, 0) is 26.0 Å². The molecule has 0 bridgehead atoms. The average Bonchev–Trinajstić information content (AvgIpc) is 3.44. The van der Waals surface area contributed by atoms with Gasteiger partial charge in [0.2, 0.25) is 0 Å². The Hall–Kier alpha value is -3.06. The summed E-state index contributed by atoms with van der Waals surface area (Å²) < 4.78 is 44.7. The number of hydrogen-bond donors (Lipinski definition) is 2. The molecule has 2 aliphatic rings. The van der Waals surface area contributed by atoms with Crippen LogP contribution in [0.15, 0.2) is 36.8 Å². The van der Waals surface area contributed by atoms with Crippen LogP contribution in [0.3, 0.4) is 0 Å². The summed E-state index contributed by atoms with van der Waals surface area (Å²) >= 11 is 0. The number of carbonyl (C=O) groups is 1. The molecule has 0 saturated carbocycles. The minimum Gasteiger partial charge on any atom is -0.400 e. The zero-order valence-corrected chi connectivity index (χ0v) is 21.7. The van der Waals surface area contributed by atoms with Crippen molar-refractivity contribution in [3.8, 4) is 0 Å². The fraction of sp³-hybridized carbons (Fsp3) is 0.500. The lowest BCUT2D eigenvalue weighted by Crippen LogP contribution is -2.49. The van der Waals surface area contributed by atoms with Crippen LogP contribution in [0.1, 0.15) is 40.8 Å². The van der Waals surface area contributed by atoms with Crippen molar-refractivity contribution < 1.29 is 27.8 Å². The van der Waals surface area contributed by atoms with E-state index in [1.54, 1.807) is 17.8 Å². The summed E-state index contributed by atoms with van der Waals surface area (Å²) in [5.41, 5.74) is 2.19. The van der Waals surface area contributed by atoms with E-state index < -0.39 is 17.8 Å². The van der Waals surface area contributed by atoms with Crippen molar-refractivity contribution in [2.24, 2.45) is 0 Å². The highest BCUT2D eigenvalue weighted by Crippen LogP contribution is 2.27. The second kappa shape index (κ2) is 14.8. The van der Waals surface area contributed by atoms with Gasteiger partial charge < -0.3 is 20.1 Å². The number of nitrogens with one attached hydrogen (secondary N) is 1. The molecule has 2 saturated heterocycles. The second-order valence-electron chi connectivity index (χ2n) is 8.82. The summed E-state index contributed by atoms with van der Waals surface area (Å²) in [6, 6.07) is 6.57. The molecule has 0 aliphatic carbocycles. The van der Waals surface area contributed by atoms with E-state index in [-0.39, 0.29) is 12.1 Å². The number of nitrogens with zero attached hydrogens (tertiary/aromatic N) is 5. The van der Waals surface area contributed by atoms with E-state index in [0.29, 0.717) is 11.6 Å². The molecule has 5 rings (SSSR count). The number of morpholine rings is 1. The molecular formula is C26H35F3N6O3. The SMILES string of the molecule is CNCc1cccc(C(F)F)c1F.CO.O=Cc1cc(N2CCC(N3CCOCC3)CC2)c2ncnn2c1. The number of fused-ring (bicyclic) bond motifs is 1. The smallest absolute Gasteiger partial charge is 0.266 e. The Morgan fingerprint density at radius 3 is 2.53 bits per heavy atom. The lowest BCUT2D eigenvalue weighted by Gasteiger charge is -2.40. The maximum absolute atomic E-state index is 13.2. The Balaban J connectivity index is 0.000000228. The van der Waals surface area contributed by atoms with Gasteiger partial charge in [0.05, 0.1) is 24.5 Å². The molecule has 38 heavy (non-hydrogen) atoms. The highest BCUT2D eigenvalue weighted by Gasteiger charge is 2.27. The van der Waals surface area contributed by atoms with Crippen LogP contribution in [0.2, 0.25) is 0 Å². The third kappa shape index (κ3) is 7.28. The van der Waals surface area contributed by atoms with Gasteiger partial charge in [0.25, 0.3) is 6.43 Å². The van der Waals surface area contributed by atoms with Crippen LogP contribution in [0.25, 0.3) is 5.65 Å². The summed E-state index contributed by atoms with van der Waals surface area (Å²) in [4.78, 5) is 20.4. The van der Waals surface area contributed by atoms with Crippen LogP contribution >= 0.6 is 0 Å². The molecule has 9 nitrogen and oxygen atoms in total. The number of alkyl halides is 2. The predicted molar refractivity (Wildman–Crippen MR) is 138 cm³/mol. The van der Waals surface area contributed by atoms with E-state index in [2.05, 4.69) is 25.2 Å². The summed E-state index contributed by atoms with van der Waals surface area (Å²) in [6.07, 6.45) is 3.63. The Bertz CT molecular complexity index is 1150. The normalized spacial score (nSPS) is 16.6. The molecule has 0 spiro atoms. The van der Waals surface area contributed by atoms with Crippen molar-refractivity contribution in [3.63, 3.8) is 0 Å². The monoisotopic (exact) mass is 536 g/mol. The van der Waals surface area contributed by atoms with E-state index >= 15 is 0 Å². The number of aliphatic hydroxyl groups excluding tert-OH is 1. The Morgan fingerprint density at radius 2 is 1.89 bits per heavy atom. The number of carbonyl (C=O) groups excluding carboxylic acids is 1. The first kappa shape index (κ1) is 29.5. The van der Waals surface area contributed by atoms with Crippen LogP contribution in [0.5, 0.6) is 0 Å². The average molecular weight is 537 g/mol. The number of aliphatic hydroxyl groups is 1. The Labute approximate surface area is 220 Å². The molecule has 0 amide bonds. The van der Waals surface area contributed by atoms with Crippen LogP contribution in [0, 0.1) is 5.82 Å². The molecule has 1 aromatic carbocycles. The second-order valence-corrected chi connectivity index (χ2v) is 8.82. The quantitative estimate of drug-likeness (QED) is 0.465. The van der Waals surface area contributed by atoms with Gasteiger partial charge in [-0.2, -0.15) is 5.10 Å². The molecule has 3 aromatic rings. The van der Waals surface area contributed by atoms with Crippen molar-refractivity contribution in [1.29, 1.82) is 0 Å². The number of anilines is 1. The predicted octanol–water partition coefficient (Wildman–Crippen LogP) is 2.93. The zero-order valence-electron chi connectivity index (χ0n) is 21.7. The van der Waals surface area contributed by atoms with Crippen molar-refractivity contribution in [2.75, 3.05) is 58.5 Å². The number of aromatic nitrogens is 3. The topological polar surface area (TPSA) is 95.2 Å². The number of halogens is 3. The van der Waals surface area contributed by atoms with Crippen molar-refractivity contribution in [2.45, 2.75) is 31.9 Å². The fourth-order valence-corrected chi connectivity index (χ4v) is 4.74. The van der Waals surface area contributed by atoms with Gasteiger partial charge in [0, 0.05) is 63.2 Å². The standard InChI is InChI=1S/C16H21N5O2.C9H10F3N.CH4O/c22-11-13-9-15(16-17-12-18-21(16)10-13)20-3-1-14(2-4-20)19-5-7-23-8-6-19;1-13-5-6-3-2-4-7(8(6)10)9(11)12;1-2/h9-12,14H,1-8H2;2-4,9,13H,5H2,1H3;2H,1H3. The molecule has 0 atom stereocenters. The van der Waals surface area contributed by atoms with E-state index in [9.17, 15) is 18.0 Å². The fourth-order valence-electron chi connectivity index (χ4n) is 4.74. The van der Waals surface area contributed by atoms with E-state index in [1.165, 1.54) is 18.5 Å². The number of hydrogen-bond acceptors (Lipinski definition) is 8. The third-order valence-electron chi connectivity index (χ3n) is 6.59. The third-order valence-corrected chi connectivity index (χ3v) is 6.59. The number of benzene rings is 1. The molecule has 2 fully saturated rings. The van der Waals surface area contributed by atoms with E-state index in [1.807, 2.05) is 6.07 Å². The number of pyridine rings is 1. The highest BCUT2D eigenvalue weighted by atomic mass is 19.3. The Kier molecular flexibility index (Phi) is 11.5. The maximum Gasteiger partial charge on any atom is 0.266 e. The van der Waals surface area contributed by atoms with Gasteiger partial charge in [-0.3, -0.25) is 9.69 Å². The van der Waals surface area contributed by atoms with Crippen LogP contribution in [0.4, 0.5) is 18.9 Å². The molecule has 2 N–H and O–H groups in total. The first-order valence-corrected chi connectivity index (χ1v) is 12.5. The molecule has 2 aromatic heterocycles. The molecule has 2 aliphatic heterocycles. The Morgan fingerprint density at radius 1 is 1.18 bits per heavy atom. The maximum atomic E-state index is 13.2. The molecule has 208 valence electrons. The zero-order chi connectivity index (χ0) is 27.5. The van der Waals surface area contributed by atoms with Crippen molar-refractivity contribution in [1.82, 2.24) is 24.8 Å². The lowest BCUT2D eigenvalue weighted by atomic mass is 10.0. The summed E-state index contributed by atoms with van der Waals surface area (Å²) in [6.45, 7) is 6.00. The largest absolute Gasteiger partial charge is 0.400 e. The highest BCUT2D eigenvalue weighted by molar-refractivity contribution is 5.81. The van der Waals surface area contributed by atoms with Crippen molar-refractivity contribution in [3.05, 3.63) is 59.3 Å². The van der Waals surface area contributed by atoms with Gasteiger partial charge in [-0.25, -0.2) is 22.7 Å². The molecular weight excluding hydrogens is 501 g/mol. The molecule has 12 heteroatoms. The van der Waals surface area contributed by atoms with Gasteiger partial charge >= 0.3 is 0 Å². The van der Waals surface area contributed by atoms with Crippen molar-refractivity contribution >= 4 is 17.6 Å². The minimum absolute atomic E-state index is 0.256. The van der Waals surface area contributed by atoms with Gasteiger partial charge in [-0.1, -0.05) is 18.2 Å². The van der Waals surface area contributed by atoms with Gasteiger partial charge in [-0.15, -0.1) is 0 Å². The van der Waals surface area contributed by atoms with Crippen LogP contribution < -0.4 is 10.2 Å². The molecule has 0 unspecified atom stereocenters. The number of ether oxygens (including phenoxy) is 1. The van der Waals surface area contributed by atoms with Crippen LogP contribution in [-0.2, 0) is 11.3 Å². The first-order valence-electron chi connectivity index (χ1n) is 12.5. The lowest BCUT2D eigenvalue weighted by molar-refractivity contribution is 0.0115. The minimum atomic E-state index is -2.75. The first-order chi connectivity index (χ1) is 18.5. The van der Waals surface area contributed by atoms with E-state index in [4.69, 9.17) is 9.84 Å². The summed E-state index contributed by atoms with van der Waals surface area (Å²) in [7, 11) is 2.63. The number of piperidine rings is 1. The van der Waals surface area contributed by atoms with Gasteiger partial charge in [0.15, 0.2) is 11.9 Å². The van der Waals surface area contributed by atoms with E-state index in [0.717, 1.165) is 83.0 Å². The van der Waals surface area contributed by atoms with Crippen LogP contribution in [-0.4, -0.2) is 90.5 Å². The molecule has 0 radical (unpaired) electrons. The number of rotatable bonds is 6. The van der Waals surface area contributed by atoms with Gasteiger partial charge in [0.1, 0.15) is 12.1 Å². The summed E-state index contributed by atoms with van der Waals surface area (Å²) in [5, 5.41) is 13.9.